The lowest BCUT2D eigenvalue weighted by Crippen LogP contribution is -2.29. The number of hydrogen-bond acceptors (Lipinski definition) is 3. The van der Waals surface area contributed by atoms with Crippen LogP contribution in [0.5, 0.6) is 0 Å². The van der Waals surface area contributed by atoms with Crippen LogP contribution in [-0.2, 0) is 0 Å². The predicted molar refractivity (Wildman–Crippen MR) is 154 cm³/mol. The van der Waals surface area contributed by atoms with Crippen molar-refractivity contribution in [3.63, 3.8) is 0 Å². The molecule has 0 amide bonds. The maximum atomic E-state index is 5.30. The molecule has 3 aliphatic rings. The summed E-state index contributed by atoms with van der Waals surface area (Å²) in [7, 11) is 0. The van der Waals surface area contributed by atoms with Gasteiger partial charge < -0.3 is 4.57 Å². The molecule has 6 aromatic rings. The van der Waals surface area contributed by atoms with Gasteiger partial charge in [0, 0.05) is 27.1 Å². The molecule has 0 bridgehead atoms. The highest BCUT2D eigenvalue weighted by atomic mass is 15.3. The summed E-state index contributed by atoms with van der Waals surface area (Å²) in [6.45, 7) is 0. The van der Waals surface area contributed by atoms with Gasteiger partial charge in [-0.3, -0.25) is 4.90 Å². The van der Waals surface area contributed by atoms with Crippen LogP contribution in [0.2, 0.25) is 0 Å². The first kappa shape index (κ1) is 20.1. The van der Waals surface area contributed by atoms with Crippen LogP contribution in [0.15, 0.2) is 115 Å². The normalized spacial score (nSPS) is 18.5. The summed E-state index contributed by atoms with van der Waals surface area (Å²) in [6, 6.07) is 36.6. The van der Waals surface area contributed by atoms with Crippen LogP contribution < -0.4 is 15.6 Å². The van der Waals surface area contributed by atoms with Crippen molar-refractivity contribution in [1.29, 1.82) is 0 Å². The Morgan fingerprint density at radius 3 is 2.29 bits per heavy atom. The quantitative estimate of drug-likeness (QED) is 0.292. The zero-order valence-corrected chi connectivity index (χ0v) is 20.5. The molecule has 2 atom stereocenters. The van der Waals surface area contributed by atoms with E-state index in [1.54, 1.807) is 0 Å². The van der Waals surface area contributed by atoms with Crippen LogP contribution >= 0.6 is 0 Å². The molecule has 4 heteroatoms. The molecule has 0 N–H and O–H groups in total. The Balaban J connectivity index is 1.42. The highest BCUT2D eigenvalue weighted by Crippen LogP contribution is 2.54. The molecule has 38 heavy (non-hydrogen) atoms. The van der Waals surface area contributed by atoms with E-state index >= 15 is 0 Å². The fraction of sp³-hybridized carbons (Fsp3) is 0.0588. The van der Waals surface area contributed by atoms with Crippen LogP contribution in [0.1, 0.15) is 17.5 Å². The van der Waals surface area contributed by atoms with Gasteiger partial charge in [-0.05, 0) is 23.8 Å². The standard InChI is InChI=1S/C34H22N4/c1-2-11-21(12-3-1)31-24-15-6-8-17-26(24)35-34(36-31)38-28-18-9-7-16-25(28)30-29-20-10-19-27-22-13-4-5-14-23(22)32(33(30)38)37(27)29/h1-20,29-30H. The summed E-state index contributed by atoms with van der Waals surface area (Å²) < 4.78 is 2.53. The maximum Gasteiger partial charge on any atom is 0.235 e. The lowest BCUT2D eigenvalue weighted by molar-refractivity contribution is 0.576. The molecule has 4 aromatic carbocycles. The monoisotopic (exact) mass is 486 g/mol. The molecule has 0 spiro atoms. The minimum Gasteiger partial charge on any atom is -0.331 e. The van der Waals surface area contributed by atoms with Gasteiger partial charge in [0.15, 0.2) is 0 Å². The summed E-state index contributed by atoms with van der Waals surface area (Å²) in [4.78, 5) is 12.8. The van der Waals surface area contributed by atoms with Gasteiger partial charge in [0.2, 0.25) is 5.95 Å². The summed E-state index contributed by atoms with van der Waals surface area (Å²) in [5, 5.41) is 6.20. The minimum atomic E-state index is 0.213. The van der Waals surface area contributed by atoms with Crippen LogP contribution in [0.4, 0.5) is 11.6 Å². The topological polar surface area (TPSA) is 34.0 Å². The van der Waals surface area contributed by atoms with Gasteiger partial charge in [0.1, 0.15) is 0 Å². The van der Waals surface area contributed by atoms with E-state index in [0.717, 1.165) is 28.1 Å². The van der Waals surface area contributed by atoms with E-state index in [1.807, 2.05) is 6.07 Å². The van der Waals surface area contributed by atoms with Crippen molar-refractivity contribution < 1.29 is 0 Å². The Bertz CT molecular complexity index is 2100. The zero-order chi connectivity index (χ0) is 24.8. The molecule has 0 saturated carbocycles. The number of benzene rings is 4. The molecule has 4 nitrogen and oxygen atoms in total. The van der Waals surface area contributed by atoms with Crippen LogP contribution in [-0.4, -0.2) is 14.5 Å². The van der Waals surface area contributed by atoms with Crippen LogP contribution in [0.3, 0.4) is 0 Å². The SMILES string of the molecule is C1=CC2C3C(=c4c5ccccc5c(n42)=C1)N(c1nc(-c2ccccc2)c2ccccc2n1)c1ccccc13. The average Bonchev–Trinajstić information content (AvgIpc) is 3.62. The van der Waals surface area contributed by atoms with E-state index in [-0.39, 0.29) is 12.0 Å². The van der Waals surface area contributed by atoms with Crippen molar-refractivity contribution >= 4 is 45.1 Å². The largest absolute Gasteiger partial charge is 0.331 e. The van der Waals surface area contributed by atoms with E-state index in [9.17, 15) is 0 Å². The molecule has 0 saturated heterocycles. The van der Waals surface area contributed by atoms with Gasteiger partial charge >= 0.3 is 0 Å². The second-order valence-electron chi connectivity index (χ2n) is 10.2. The lowest BCUT2D eigenvalue weighted by atomic mass is 9.91. The smallest absolute Gasteiger partial charge is 0.235 e. The Morgan fingerprint density at radius 2 is 1.39 bits per heavy atom. The lowest BCUT2D eigenvalue weighted by Gasteiger charge is -2.22. The highest BCUT2D eigenvalue weighted by Gasteiger charge is 2.46. The molecule has 2 unspecified atom stereocenters. The molecule has 178 valence electrons. The van der Waals surface area contributed by atoms with E-state index < -0.39 is 0 Å². The highest BCUT2D eigenvalue weighted by molar-refractivity contribution is 5.99. The Hall–Kier alpha value is -4.96. The number of rotatable bonds is 2. The van der Waals surface area contributed by atoms with Gasteiger partial charge in [-0.1, -0.05) is 103 Å². The van der Waals surface area contributed by atoms with Gasteiger partial charge in [0.25, 0.3) is 0 Å². The first-order valence-corrected chi connectivity index (χ1v) is 13.1. The number of nitrogens with zero attached hydrogens (tertiary/aromatic N) is 4. The van der Waals surface area contributed by atoms with Gasteiger partial charge in [-0.15, -0.1) is 0 Å². The molecule has 9 rings (SSSR count). The number of fused-ring (bicyclic) bond motifs is 8. The van der Waals surface area contributed by atoms with Crippen LogP contribution in [0.25, 0.3) is 44.7 Å². The summed E-state index contributed by atoms with van der Waals surface area (Å²) >= 11 is 0. The number of aromatic nitrogens is 3. The second-order valence-corrected chi connectivity index (χ2v) is 10.2. The van der Waals surface area contributed by atoms with Crippen molar-refractivity contribution in [3.8, 4) is 11.3 Å². The van der Waals surface area contributed by atoms with Gasteiger partial charge in [0.05, 0.1) is 39.9 Å². The third-order valence-corrected chi connectivity index (χ3v) is 8.29. The summed E-state index contributed by atoms with van der Waals surface area (Å²) in [5.41, 5.74) is 6.77. The van der Waals surface area contributed by atoms with E-state index in [0.29, 0.717) is 0 Å². The second kappa shape index (κ2) is 7.30. The number of allylic oxidation sites excluding steroid dienone is 2. The Labute approximate surface area is 219 Å². The van der Waals surface area contributed by atoms with Gasteiger partial charge in [-0.2, -0.15) is 0 Å². The van der Waals surface area contributed by atoms with Crippen LogP contribution in [0, 0.1) is 0 Å². The van der Waals surface area contributed by atoms with Crippen molar-refractivity contribution in [2.24, 2.45) is 0 Å². The molecular weight excluding hydrogens is 464 g/mol. The van der Waals surface area contributed by atoms with E-state index in [4.69, 9.17) is 9.97 Å². The summed E-state index contributed by atoms with van der Waals surface area (Å²) in [6.07, 6.45) is 6.83. The fourth-order valence-corrected chi connectivity index (χ4v) is 6.81. The molecule has 0 fully saturated rings. The zero-order valence-electron chi connectivity index (χ0n) is 20.5. The summed E-state index contributed by atoms with van der Waals surface area (Å²) in [5.74, 6) is 0.934. The maximum absolute atomic E-state index is 5.30. The van der Waals surface area contributed by atoms with Crippen molar-refractivity contribution in [2.75, 3.05) is 4.90 Å². The minimum absolute atomic E-state index is 0.213. The molecular formula is C34H22N4. The molecule has 3 aliphatic heterocycles. The first-order valence-electron chi connectivity index (χ1n) is 13.1. The average molecular weight is 487 g/mol. The molecule has 5 heterocycles. The van der Waals surface area contributed by atoms with E-state index in [1.165, 1.54) is 38.4 Å². The Kier molecular flexibility index (Phi) is 3.87. The molecule has 0 aliphatic carbocycles. The predicted octanol–water partition coefficient (Wildman–Crippen LogP) is 6.20. The number of anilines is 2. The van der Waals surface area contributed by atoms with E-state index in [2.05, 4.69) is 125 Å². The Morgan fingerprint density at radius 1 is 0.658 bits per heavy atom. The fourth-order valence-electron chi connectivity index (χ4n) is 6.81. The van der Waals surface area contributed by atoms with Crippen molar-refractivity contribution in [3.05, 3.63) is 132 Å². The third-order valence-electron chi connectivity index (χ3n) is 8.29. The first-order chi connectivity index (χ1) is 18.9. The van der Waals surface area contributed by atoms with Gasteiger partial charge in [-0.25, -0.2) is 9.97 Å². The van der Waals surface area contributed by atoms with Crippen molar-refractivity contribution in [2.45, 2.75) is 12.0 Å². The van der Waals surface area contributed by atoms with Crippen molar-refractivity contribution in [1.82, 2.24) is 14.5 Å². The third kappa shape index (κ3) is 2.49. The molecule has 2 aromatic heterocycles. The molecule has 0 radical (unpaired) electrons. The number of para-hydroxylation sites is 2. The number of hydrogen-bond donors (Lipinski definition) is 0.